The standard InChI is InChI=1S/C10H22N4O2/c1-9(2,7(11)14-16)5-6-13-10(3,4)8(12)15/h13,16H,5-6H2,1-4H3,(H2,11,14)(H2,12,15). The normalized spacial score (nSPS) is 13.9. The van der Waals surface area contributed by atoms with Gasteiger partial charge in [0.05, 0.1) is 5.54 Å². The SMILES string of the molecule is CC(C)(CCNC(C)(C)C(N)=O)C(N)=NO. The summed E-state index contributed by atoms with van der Waals surface area (Å²) in [6.45, 7) is 7.71. The third kappa shape index (κ3) is 4.06. The second-order valence-corrected chi connectivity index (χ2v) is 5.04. The van der Waals surface area contributed by atoms with E-state index in [0.717, 1.165) is 0 Å². The van der Waals surface area contributed by atoms with E-state index in [4.69, 9.17) is 16.7 Å². The van der Waals surface area contributed by atoms with E-state index in [-0.39, 0.29) is 5.84 Å². The second kappa shape index (κ2) is 5.16. The molecule has 0 aromatic heterocycles. The molecule has 0 fully saturated rings. The van der Waals surface area contributed by atoms with E-state index in [1.807, 2.05) is 13.8 Å². The van der Waals surface area contributed by atoms with Gasteiger partial charge in [-0.15, -0.1) is 0 Å². The maximum Gasteiger partial charge on any atom is 0.237 e. The van der Waals surface area contributed by atoms with Crippen LogP contribution in [0.5, 0.6) is 0 Å². The molecular weight excluding hydrogens is 208 g/mol. The van der Waals surface area contributed by atoms with E-state index in [0.29, 0.717) is 13.0 Å². The zero-order valence-corrected chi connectivity index (χ0v) is 10.4. The minimum Gasteiger partial charge on any atom is -0.409 e. The number of rotatable bonds is 6. The van der Waals surface area contributed by atoms with Crippen molar-refractivity contribution < 1.29 is 10.0 Å². The van der Waals surface area contributed by atoms with Gasteiger partial charge in [0.1, 0.15) is 5.84 Å². The summed E-state index contributed by atoms with van der Waals surface area (Å²) in [5.41, 5.74) is 9.59. The monoisotopic (exact) mass is 230 g/mol. The highest BCUT2D eigenvalue weighted by Crippen LogP contribution is 2.19. The van der Waals surface area contributed by atoms with E-state index in [1.165, 1.54) is 0 Å². The van der Waals surface area contributed by atoms with Crippen molar-refractivity contribution in [1.82, 2.24) is 5.32 Å². The van der Waals surface area contributed by atoms with Crippen LogP contribution in [0.2, 0.25) is 0 Å². The number of carbonyl (C=O) groups excluding carboxylic acids is 1. The van der Waals surface area contributed by atoms with Crippen LogP contribution in [-0.4, -0.2) is 29.0 Å². The molecule has 6 nitrogen and oxygen atoms in total. The van der Waals surface area contributed by atoms with Crippen molar-refractivity contribution in [3.05, 3.63) is 0 Å². The molecule has 0 aliphatic heterocycles. The number of primary amides is 1. The van der Waals surface area contributed by atoms with Crippen molar-refractivity contribution in [3.8, 4) is 0 Å². The Morgan fingerprint density at radius 3 is 2.19 bits per heavy atom. The van der Waals surface area contributed by atoms with E-state index in [2.05, 4.69) is 10.5 Å². The van der Waals surface area contributed by atoms with Gasteiger partial charge in [-0.3, -0.25) is 4.79 Å². The molecule has 0 aromatic rings. The maximum absolute atomic E-state index is 11.0. The zero-order valence-electron chi connectivity index (χ0n) is 10.4. The average molecular weight is 230 g/mol. The number of carbonyl (C=O) groups is 1. The van der Waals surface area contributed by atoms with Crippen LogP contribution in [0.15, 0.2) is 5.16 Å². The Labute approximate surface area is 96.1 Å². The fraction of sp³-hybridized carbons (Fsp3) is 0.800. The molecule has 0 saturated carbocycles. The number of nitrogens with two attached hydrogens (primary N) is 2. The Kier molecular flexibility index (Phi) is 4.74. The van der Waals surface area contributed by atoms with Crippen molar-refractivity contribution in [2.75, 3.05) is 6.54 Å². The zero-order chi connectivity index (χ0) is 13.0. The smallest absolute Gasteiger partial charge is 0.237 e. The Hall–Kier alpha value is -1.30. The Bertz CT molecular complexity index is 285. The first kappa shape index (κ1) is 14.7. The number of nitrogens with zero attached hydrogens (tertiary/aromatic N) is 1. The number of hydrogen-bond acceptors (Lipinski definition) is 4. The molecule has 0 rings (SSSR count). The molecule has 6 heteroatoms. The van der Waals surface area contributed by atoms with E-state index >= 15 is 0 Å². The van der Waals surface area contributed by atoms with Gasteiger partial charge in [0, 0.05) is 5.41 Å². The van der Waals surface area contributed by atoms with Crippen molar-refractivity contribution >= 4 is 11.7 Å². The first-order valence-electron chi connectivity index (χ1n) is 5.16. The first-order valence-corrected chi connectivity index (χ1v) is 5.16. The number of oxime groups is 1. The van der Waals surface area contributed by atoms with Gasteiger partial charge in [-0.05, 0) is 26.8 Å². The molecule has 0 spiro atoms. The fourth-order valence-electron chi connectivity index (χ4n) is 1.04. The lowest BCUT2D eigenvalue weighted by molar-refractivity contribution is -0.123. The lowest BCUT2D eigenvalue weighted by Gasteiger charge is -2.27. The predicted molar refractivity (Wildman–Crippen MR) is 63.1 cm³/mol. The number of hydrogen-bond donors (Lipinski definition) is 4. The summed E-state index contributed by atoms with van der Waals surface area (Å²) >= 11 is 0. The average Bonchev–Trinajstić information content (AvgIpc) is 2.15. The molecule has 0 aliphatic rings. The van der Waals surface area contributed by atoms with Gasteiger partial charge in [-0.25, -0.2) is 0 Å². The predicted octanol–water partition coefficient (Wildman–Crippen LogP) is 0.00260. The quantitative estimate of drug-likeness (QED) is 0.222. The van der Waals surface area contributed by atoms with Crippen LogP contribution in [0.4, 0.5) is 0 Å². The highest BCUT2D eigenvalue weighted by Gasteiger charge is 2.27. The summed E-state index contributed by atoms with van der Waals surface area (Å²) in [5.74, 6) is -0.236. The lowest BCUT2D eigenvalue weighted by Crippen LogP contribution is -2.51. The van der Waals surface area contributed by atoms with Crippen LogP contribution < -0.4 is 16.8 Å². The molecule has 0 aliphatic carbocycles. The highest BCUT2D eigenvalue weighted by atomic mass is 16.4. The molecular formula is C10H22N4O2. The van der Waals surface area contributed by atoms with Gasteiger partial charge in [0.25, 0.3) is 0 Å². The second-order valence-electron chi connectivity index (χ2n) is 5.04. The Morgan fingerprint density at radius 1 is 1.31 bits per heavy atom. The molecule has 0 atom stereocenters. The molecule has 0 radical (unpaired) electrons. The summed E-state index contributed by atoms with van der Waals surface area (Å²) in [7, 11) is 0. The van der Waals surface area contributed by atoms with Crippen molar-refractivity contribution in [2.24, 2.45) is 22.0 Å². The Balaban J connectivity index is 4.23. The highest BCUT2D eigenvalue weighted by molar-refractivity contribution is 5.85. The summed E-state index contributed by atoms with van der Waals surface area (Å²) in [6, 6.07) is 0. The summed E-state index contributed by atoms with van der Waals surface area (Å²) in [4.78, 5) is 11.0. The minimum absolute atomic E-state index is 0.172. The van der Waals surface area contributed by atoms with Gasteiger partial charge in [-0.2, -0.15) is 0 Å². The van der Waals surface area contributed by atoms with E-state index in [9.17, 15) is 4.79 Å². The molecule has 0 aromatic carbocycles. The maximum atomic E-state index is 11.0. The van der Waals surface area contributed by atoms with E-state index < -0.39 is 16.9 Å². The molecule has 0 unspecified atom stereocenters. The third-order valence-electron chi connectivity index (χ3n) is 2.73. The molecule has 16 heavy (non-hydrogen) atoms. The van der Waals surface area contributed by atoms with Crippen LogP contribution in [0.1, 0.15) is 34.1 Å². The molecule has 0 bridgehead atoms. The van der Waals surface area contributed by atoms with Crippen LogP contribution in [-0.2, 0) is 4.79 Å². The third-order valence-corrected chi connectivity index (χ3v) is 2.73. The molecule has 6 N–H and O–H groups in total. The number of amides is 1. The molecule has 1 amide bonds. The lowest BCUT2D eigenvalue weighted by atomic mass is 9.87. The van der Waals surface area contributed by atoms with Gasteiger partial charge in [0.2, 0.25) is 5.91 Å². The van der Waals surface area contributed by atoms with Crippen molar-refractivity contribution in [3.63, 3.8) is 0 Å². The summed E-state index contributed by atoms with van der Waals surface area (Å²) in [5, 5.41) is 14.6. The van der Waals surface area contributed by atoms with Crippen molar-refractivity contribution in [2.45, 2.75) is 39.7 Å². The summed E-state index contributed by atoms with van der Waals surface area (Å²) in [6.07, 6.45) is 0.638. The summed E-state index contributed by atoms with van der Waals surface area (Å²) < 4.78 is 0. The fourth-order valence-corrected chi connectivity index (χ4v) is 1.04. The van der Waals surface area contributed by atoms with Gasteiger partial charge in [0.15, 0.2) is 0 Å². The van der Waals surface area contributed by atoms with E-state index in [1.54, 1.807) is 13.8 Å². The van der Waals surface area contributed by atoms with Crippen LogP contribution in [0.25, 0.3) is 0 Å². The van der Waals surface area contributed by atoms with Crippen LogP contribution in [0, 0.1) is 5.41 Å². The van der Waals surface area contributed by atoms with Crippen LogP contribution >= 0.6 is 0 Å². The molecule has 94 valence electrons. The van der Waals surface area contributed by atoms with Gasteiger partial charge < -0.3 is 22.0 Å². The topological polar surface area (TPSA) is 114 Å². The Morgan fingerprint density at radius 2 is 1.81 bits per heavy atom. The van der Waals surface area contributed by atoms with Gasteiger partial charge >= 0.3 is 0 Å². The minimum atomic E-state index is -0.749. The van der Waals surface area contributed by atoms with Crippen LogP contribution in [0.3, 0.4) is 0 Å². The molecule has 0 heterocycles. The molecule has 0 saturated heterocycles. The first-order chi connectivity index (χ1) is 7.13. The number of nitrogens with one attached hydrogen (secondary N) is 1. The van der Waals surface area contributed by atoms with Gasteiger partial charge in [-0.1, -0.05) is 19.0 Å². The largest absolute Gasteiger partial charge is 0.409 e. The number of amidine groups is 1. The van der Waals surface area contributed by atoms with Crippen molar-refractivity contribution in [1.29, 1.82) is 0 Å².